The molecule has 2 saturated heterocycles. The quantitative estimate of drug-likeness (QED) is 0.389. The number of amides is 1. The minimum Gasteiger partial charge on any atom is -0.372 e. The molecule has 0 unspecified atom stereocenters. The highest BCUT2D eigenvalue weighted by atomic mass is 19.4. The molecule has 13 heteroatoms. The van der Waals surface area contributed by atoms with Gasteiger partial charge in [-0.25, -0.2) is 18.7 Å². The molecule has 5 rings (SSSR count). The Morgan fingerprint density at radius 1 is 0.977 bits per heavy atom. The summed E-state index contributed by atoms with van der Waals surface area (Å²) < 4.78 is 76.5. The van der Waals surface area contributed by atoms with Crippen molar-refractivity contribution in [3.63, 3.8) is 0 Å². The van der Waals surface area contributed by atoms with Gasteiger partial charge in [-0.15, -0.1) is 0 Å². The first-order valence-corrected chi connectivity index (χ1v) is 14.0. The summed E-state index contributed by atoms with van der Waals surface area (Å²) >= 11 is 0. The van der Waals surface area contributed by atoms with Crippen LogP contribution >= 0.6 is 0 Å². The van der Waals surface area contributed by atoms with Gasteiger partial charge in [0.2, 0.25) is 5.95 Å². The number of nitrogens with one attached hydrogen (secondary N) is 1. The van der Waals surface area contributed by atoms with Crippen LogP contribution in [0.15, 0.2) is 42.6 Å². The second kappa shape index (κ2) is 12.0. The lowest BCUT2D eigenvalue weighted by Crippen LogP contribution is -2.50. The summed E-state index contributed by atoms with van der Waals surface area (Å²) in [7, 11) is 1.96. The predicted octanol–water partition coefficient (Wildman–Crippen LogP) is 5.45. The van der Waals surface area contributed by atoms with Gasteiger partial charge in [-0.2, -0.15) is 13.2 Å². The number of aromatic nitrogens is 2. The van der Waals surface area contributed by atoms with Crippen molar-refractivity contribution >= 4 is 23.2 Å². The molecule has 0 spiro atoms. The van der Waals surface area contributed by atoms with Crippen molar-refractivity contribution in [1.82, 2.24) is 14.9 Å². The summed E-state index contributed by atoms with van der Waals surface area (Å²) in [6, 6.07) is 6.12. The smallest absolute Gasteiger partial charge is 0.372 e. The molecule has 1 amide bonds. The van der Waals surface area contributed by atoms with Gasteiger partial charge in [-0.3, -0.25) is 4.79 Å². The lowest BCUT2D eigenvalue weighted by Gasteiger charge is -2.39. The number of piperazine rings is 1. The SMILES string of the molecule is C[C@@H]1CN(c2nccc(-c3cc(NC(=O)c4ccc(F)cc4C(F)(F)F)c(N4CCN(C)[C@@H](C)C4)cc3F)n2)C[C@H](C)O1. The number of benzene rings is 2. The van der Waals surface area contributed by atoms with Gasteiger partial charge in [0.25, 0.3) is 5.91 Å². The number of halogens is 5. The molecule has 2 aliphatic heterocycles. The summed E-state index contributed by atoms with van der Waals surface area (Å²) in [6.07, 6.45) is -3.59. The van der Waals surface area contributed by atoms with Crippen LogP contribution in [-0.4, -0.2) is 78.8 Å². The maximum Gasteiger partial charge on any atom is 0.417 e. The Morgan fingerprint density at radius 2 is 1.70 bits per heavy atom. The first kappa shape index (κ1) is 30.6. The molecule has 1 N–H and O–H groups in total. The van der Waals surface area contributed by atoms with E-state index in [1.807, 2.05) is 37.6 Å². The van der Waals surface area contributed by atoms with E-state index in [1.54, 1.807) is 0 Å². The molecule has 0 aliphatic carbocycles. The molecular weight excluding hydrogens is 571 g/mol. The highest BCUT2D eigenvalue weighted by Gasteiger charge is 2.36. The molecule has 230 valence electrons. The number of likely N-dealkylation sites (N-methyl/N-ethyl adjacent to an activating group) is 1. The van der Waals surface area contributed by atoms with E-state index in [-0.39, 0.29) is 41.3 Å². The van der Waals surface area contributed by atoms with Crippen LogP contribution in [-0.2, 0) is 10.9 Å². The average molecular weight is 605 g/mol. The highest BCUT2D eigenvalue weighted by Crippen LogP contribution is 2.37. The maximum atomic E-state index is 15.8. The van der Waals surface area contributed by atoms with Gasteiger partial charge in [0.1, 0.15) is 11.6 Å². The number of carbonyl (C=O) groups excluding carboxylic acids is 1. The number of nitrogens with zero attached hydrogens (tertiary/aromatic N) is 5. The van der Waals surface area contributed by atoms with Crippen LogP contribution in [0, 0.1) is 11.6 Å². The minimum absolute atomic E-state index is 0.0365. The molecule has 2 aliphatic rings. The van der Waals surface area contributed by atoms with E-state index in [0.29, 0.717) is 44.4 Å². The molecule has 1 aromatic heterocycles. The molecule has 3 atom stereocenters. The minimum atomic E-state index is -4.97. The Labute approximate surface area is 246 Å². The van der Waals surface area contributed by atoms with Gasteiger partial charge >= 0.3 is 6.18 Å². The summed E-state index contributed by atoms with van der Waals surface area (Å²) in [6.45, 7) is 8.59. The maximum absolute atomic E-state index is 15.8. The summed E-state index contributed by atoms with van der Waals surface area (Å²) in [4.78, 5) is 28.2. The Hall–Kier alpha value is -3.84. The van der Waals surface area contributed by atoms with Crippen molar-refractivity contribution in [2.75, 3.05) is 54.9 Å². The van der Waals surface area contributed by atoms with E-state index in [1.165, 1.54) is 24.4 Å². The fourth-order valence-corrected chi connectivity index (χ4v) is 5.52. The average Bonchev–Trinajstić information content (AvgIpc) is 2.94. The Morgan fingerprint density at radius 3 is 2.37 bits per heavy atom. The lowest BCUT2D eigenvalue weighted by atomic mass is 10.0. The monoisotopic (exact) mass is 604 g/mol. The number of hydrogen-bond acceptors (Lipinski definition) is 7. The molecule has 8 nitrogen and oxygen atoms in total. The van der Waals surface area contributed by atoms with Crippen LogP contribution in [0.3, 0.4) is 0 Å². The molecule has 3 heterocycles. The summed E-state index contributed by atoms with van der Waals surface area (Å²) in [5.74, 6) is -2.47. The van der Waals surface area contributed by atoms with Crippen molar-refractivity contribution in [3.05, 3.63) is 65.4 Å². The van der Waals surface area contributed by atoms with Gasteiger partial charge in [0.05, 0.1) is 40.4 Å². The first-order valence-electron chi connectivity index (χ1n) is 14.0. The number of rotatable bonds is 5. The lowest BCUT2D eigenvalue weighted by molar-refractivity contribution is -0.138. The largest absolute Gasteiger partial charge is 0.417 e. The number of carbonyl (C=O) groups is 1. The van der Waals surface area contributed by atoms with E-state index in [9.17, 15) is 22.4 Å². The molecule has 0 radical (unpaired) electrons. The van der Waals surface area contributed by atoms with Gasteiger partial charge < -0.3 is 24.8 Å². The van der Waals surface area contributed by atoms with Crippen LogP contribution < -0.4 is 15.1 Å². The molecule has 2 aromatic carbocycles. The van der Waals surface area contributed by atoms with Crippen LogP contribution in [0.1, 0.15) is 36.7 Å². The molecule has 0 bridgehead atoms. The van der Waals surface area contributed by atoms with E-state index >= 15 is 4.39 Å². The van der Waals surface area contributed by atoms with Crippen molar-refractivity contribution < 1.29 is 31.5 Å². The van der Waals surface area contributed by atoms with Gasteiger partial charge in [-0.1, -0.05) is 0 Å². The number of morpholine rings is 1. The van der Waals surface area contributed by atoms with Crippen LogP contribution in [0.2, 0.25) is 0 Å². The second-order valence-corrected chi connectivity index (χ2v) is 11.2. The molecular formula is C30H33F5N6O2. The fraction of sp³-hybridized carbons (Fsp3) is 0.433. The third kappa shape index (κ3) is 6.72. The Bertz CT molecular complexity index is 1490. The number of ether oxygens (including phenoxy) is 1. The standard InChI is InChI=1S/C30H33F5N6O2/c1-17-14-40(10-9-39(17)4)27-13-24(32)22(25-7-8-36-29(38-25)41-15-18(2)43-19(3)16-41)12-26(27)37-28(42)21-6-5-20(31)11-23(21)30(33,34)35/h5-8,11-13,17-19H,9-10,14-16H2,1-4H3,(H,37,42)/t17-,18-,19+/m0/s1. The number of anilines is 3. The molecule has 2 fully saturated rings. The van der Waals surface area contributed by atoms with Crippen molar-refractivity contribution in [2.45, 2.75) is 45.2 Å². The molecule has 3 aromatic rings. The summed E-state index contributed by atoms with van der Waals surface area (Å²) in [5, 5.41) is 2.56. The Balaban J connectivity index is 1.56. The van der Waals surface area contributed by atoms with Gasteiger partial charge in [0, 0.05) is 50.5 Å². The topological polar surface area (TPSA) is 73.8 Å². The van der Waals surface area contributed by atoms with Crippen molar-refractivity contribution in [1.29, 1.82) is 0 Å². The van der Waals surface area contributed by atoms with E-state index < -0.39 is 34.8 Å². The van der Waals surface area contributed by atoms with E-state index in [4.69, 9.17) is 4.74 Å². The van der Waals surface area contributed by atoms with Crippen molar-refractivity contribution in [2.24, 2.45) is 0 Å². The predicted molar refractivity (Wildman–Crippen MR) is 153 cm³/mol. The van der Waals surface area contributed by atoms with Gasteiger partial charge in [0.15, 0.2) is 0 Å². The second-order valence-electron chi connectivity index (χ2n) is 11.2. The van der Waals surface area contributed by atoms with Crippen LogP contribution in [0.25, 0.3) is 11.3 Å². The van der Waals surface area contributed by atoms with Crippen molar-refractivity contribution in [3.8, 4) is 11.3 Å². The highest BCUT2D eigenvalue weighted by molar-refractivity contribution is 6.07. The third-order valence-corrected chi connectivity index (χ3v) is 7.79. The number of alkyl halides is 3. The molecule has 43 heavy (non-hydrogen) atoms. The zero-order valence-electron chi connectivity index (χ0n) is 24.3. The Kier molecular flexibility index (Phi) is 8.57. The summed E-state index contributed by atoms with van der Waals surface area (Å²) in [5.41, 5.74) is -1.47. The molecule has 0 saturated carbocycles. The zero-order valence-corrected chi connectivity index (χ0v) is 24.3. The van der Waals surface area contributed by atoms with E-state index in [0.717, 1.165) is 12.1 Å². The third-order valence-electron chi connectivity index (χ3n) is 7.79. The van der Waals surface area contributed by atoms with Gasteiger partial charge in [-0.05, 0) is 64.2 Å². The van der Waals surface area contributed by atoms with Crippen LogP contribution in [0.5, 0.6) is 0 Å². The normalized spacial score (nSPS) is 21.7. The zero-order chi connectivity index (χ0) is 31.1. The van der Waals surface area contributed by atoms with Crippen LogP contribution in [0.4, 0.5) is 39.3 Å². The fourth-order valence-electron chi connectivity index (χ4n) is 5.52. The number of hydrogen-bond donors (Lipinski definition) is 1. The van der Waals surface area contributed by atoms with E-state index in [2.05, 4.69) is 20.2 Å². The first-order chi connectivity index (χ1) is 20.3.